The first-order valence-electron chi connectivity index (χ1n) is 8.32. The minimum atomic E-state index is -0.652. The Morgan fingerprint density at radius 3 is 2.60 bits per heavy atom. The summed E-state index contributed by atoms with van der Waals surface area (Å²) in [7, 11) is 4.04. The molecule has 0 spiro atoms. The first-order chi connectivity index (χ1) is 12.0. The van der Waals surface area contributed by atoms with E-state index in [1.54, 1.807) is 4.90 Å². The zero-order valence-corrected chi connectivity index (χ0v) is 14.4. The third kappa shape index (κ3) is 3.71. The number of nitrogens with one attached hydrogen (secondary N) is 2. The number of H-pyrrole nitrogens is 2. The number of carbonyl (C=O) groups is 1. The van der Waals surface area contributed by atoms with Crippen LogP contribution in [-0.2, 0) is 6.54 Å². The van der Waals surface area contributed by atoms with Gasteiger partial charge in [0.2, 0.25) is 0 Å². The number of aromatic amines is 2. The topological polar surface area (TPSA) is 89.3 Å². The fraction of sp³-hybridized carbons (Fsp3) is 0.389. The summed E-state index contributed by atoms with van der Waals surface area (Å²) in [6.07, 6.45) is 2.94. The number of aromatic nitrogens is 2. The summed E-state index contributed by atoms with van der Waals surface area (Å²) in [5, 5.41) is 0. The molecule has 0 radical (unpaired) electrons. The van der Waals surface area contributed by atoms with Gasteiger partial charge in [0.25, 0.3) is 11.5 Å². The van der Waals surface area contributed by atoms with Crippen LogP contribution in [-0.4, -0.2) is 46.3 Å². The van der Waals surface area contributed by atoms with Gasteiger partial charge in [0.15, 0.2) is 0 Å². The van der Waals surface area contributed by atoms with Gasteiger partial charge in [0.05, 0.1) is 6.04 Å². The van der Waals surface area contributed by atoms with E-state index >= 15 is 0 Å². The molecule has 25 heavy (non-hydrogen) atoms. The first-order valence-corrected chi connectivity index (χ1v) is 8.32. The van der Waals surface area contributed by atoms with E-state index < -0.39 is 11.2 Å². The van der Waals surface area contributed by atoms with Gasteiger partial charge in [0.1, 0.15) is 5.56 Å². The van der Waals surface area contributed by atoms with E-state index in [1.807, 2.05) is 26.2 Å². The largest absolute Gasteiger partial charge is 0.331 e. The molecular weight excluding hydrogens is 320 g/mol. The summed E-state index contributed by atoms with van der Waals surface area (Å²) < 4.78 is 0. The van der Waals surface area contributed by atoms with Gasteiger partial charge in [-0.15, -0.1) is 0 Å². The van der Waals surface area contributed by atoms with Crippen molar-refractivity contribution in [3.8, 4) is 0 Å². The predicted molar refractivity (Wildman–Crippen MR) is 94.5 cm³/mol. The van der Waals surface area contributed by atoms with E-state index in [1.165, 1.54) is 11.8 Å². The third-order valence-corrected chi connectivity index (χ3v) is 4.43. The maximum atomic E-state index is 12.8. The summed E-state index contributed by atoms with van der Waals surface area (Å²) >= 11 is 0. The average molecular weight is 342 g/mol. The Hall–Kier alpha value is -2.67. The summed E-state index contributed by atoms with van der Waals surface area (Å²) in [5.74, 6) is -0.350. The smallest absolute Gasteiger partial charge is 0.325 e. The molecule has 1 aromatic heterocycles. The van der Waals surface area contributed by atoms with Gasteiger partial charge >= 0.3 is 5.69 Å². The van der Waals surface area contributed by atoms with Crippen molar-refractivity contribution >= 4 is 5.91 Å². The Morgan fingerprint density at radius 2 is 1.96 bits per heavy atom. The molecule has 0 saturated carbocycles. The second-order valence-corrected chi connectivity index (χ2v) is 6.62. The number of likely N-dealkylation sites (tertiary alicyclic amines) is 1. The van der Waals surface area contributed by atoms with Crippen LogP contribution >= 0.6 is 0 Å². The number of rotatable bonds is 4. The van der Waals surface area contributed by atoms with Gasteiger partial charge in [-0.25, -0.2) is 4.79 Å². The molecule has 1 aromatic carbocycles. The van der Waals surface area contributed by atoms with Gasteiger partial charge in [-0.2, -0.15) is 0 Å². The summed E-state index contributed by atoms with van der Waals surface area (Å²) in [5.41, 5.74) is 0.975. The molecule has 1 fully saturated rings. The molecule has 3 rings (SSSR count). The molecule has 2 aromatic rings. The van der Waals surface area contributed by atoms with Crippen LogP contribution in [0.1, 0.15) is 40.4 Å². The number of hydrogen-bond donors (Lipinski definition) is 2. The lowest BCUT2D eigenvalue weighted by molar-refractivity contribution is 0.0733. The van der Waals surface area contributed by atoms with Crippen LogP contribution in [0, 0.1) is 0 Å². The van der Waals surface area contributed by atoms with Crippen molar-refractivity contribution in [1.29, 1.82) is 0 Å². The molecular formula is C18H22N4O3. The van der Waals surface area contributed by atoms with Crippen molar-refractivity contribution in [2.45, 2.75) is 25.4 Å². The molecule has 1 aliphatic heterocycles. The van der Waals surface area contributed by atoms with Gasteiger partial charge < -0.3 is 14.8 Å². The molecule has 7 heteroatoms. The maximum absolute atomic E-state index is 12.8. The lowest BCUT2D eigenvalue weighted by atomic mass is 10.0. The maximum Gasteiger partial charge on any atom is 0.325 e. The highest BCUT2D eigenvalue weighted by Gasteiger charge is 2.31. The first kappa shape index (κ1) is 17.2. The fourth-order valence-electron chi connectivity index (χ4n) is 3.29. The minimum absolute atomic E-state index is 0.0317. The molecule has 1 atom stereocenters. The second kappa shape index (κ2) is 7.06. The van der Waals surface area contributed by atoms with Crippen LogP contribution in [0.25, 0.3) is 0 Å². The van der Waals surface area contributed by atoms with E-state index in [0.717, 1.165) is 24.9 Å². The molecule has 0 aliphatic carbocycles. The van der Waals surface area contributed by atoms with E-state index in [-0.39, 0.29) is 17.5 Å². The number of carbonyl (C=O) groups excluding carboxylic acids is 1. The highest BCUT2D eigenvalue weighted by molar-refractivity contribution is 5.94. The van der Waals surface area contributed by atoms with E-state index in [9.17, 15) is 14.4 Å². The highest BCUT2D eigenvalue weighted by atomic mass is 16.2. The van der Waals surface area contributed by atoms with Crippen LogP contribution in [0.15, 0.2) is 40.1 Å². The number of hydrogen-bond acceptors (Lipinski definition) is 4. The molecule has 1 amide bonds. The van der Waals surface area contributed by atoms with Crippen molar-refractivity contribution in [3.05, 3.63) is 68.0 Å². The average Bonchev–Trinajstić information content (AvgIpc) is 3.04. The minimum Gasteiger partial charge on any atom is -0.331 e. The van der Waals surface area contributed by atoms with Crippen LogP contribution in [0.2, 0.25) is 0 Å². The van der Waals surface area contributed by atoms with E-state index in [4.69, 9.17) is 0 Å². The van der Waals surface area contributed by atoms with E-state index in [0.29, 0.717) is 6.54 Å². The van der Waals surface area contributed by atoms with E-state index in [2.05, 4.69) is 27.0 Å². The van der Waals surface area contributed by atoms with Crippen LogP contribution in [0.3, 0.4) is 0 Å². The molecule has 7 nitrogen and oxygen atoms in total. The summed E-state index contributed by atoms with van der Waals surface area (Å²) in [6.45, 7) is 1.46. The Balaban J connectivity index is 1.83. The third-order valence-electron chi connectivity index (χ3n) is 4.43. The Kier molecular flexibility index (Phi) is 4.85. The molecule has 2 N–H and O–H groups in total. The van der Waals surface area contributed by atoms with Gasteiger partial charge in [0, 0.05) is 19.3 Å². The molecule has 2 heterocycles. The SMILES string of the molecule is CN(C)Cc1ccc([C@H]2CCCN2C(=O)c2c[nH]c(=O)[nH]c2=O)cc1. The van der Waals surface area contributed by atoms with Crippen LogP contribution in [0.4, 0.5) is 0 Å². The quantitative estimate of drug-likeness (QED) is 0.871. The normalized spacial score (nSPS) is 17.2. The van der Waals surface area contributed by atoms with Gasteiger partial charge in [-0.1, -0.05) is 24.3 Å². The second-order valence-electron chi connectivity index (χ2n) is 6.62. The van der Waals surface area contributed by atoms with Crippen molar-refractivity contribution in [3.63, 3.8) is 0 Å². The number of amides is 1. The molecule has 0 unspecified atom stereocenters. The standard InChI is InChI=1S/C18H22N4O3/c1-21(2)11-12-5-7-13(8-6-12)15-4-3-9-22(15)17(24)14-10-19-18(25)20-16(14)23/h5-8,10,15H,3-4,9,11H2,1-2H3,(H2,19,20,23,25)/t15-/m1/s1. The van der Waals surface area contributed by atoms with Crippen LogP contribution < -0.4 is 11.2 Å². The summed E-state index contributed by atoms with van der Waals surface area (Å²) in [4.78, 5) is 44.1. The zero-order chi connectivity index (χ0) is 18.0. The Labute approximate surface area is 145 Å². The monoisotopic (exact) mass is 342 g/mol. The fourth-order valence-corrected chi connectivity index (χ4v) is 3.29. The highest BCUT2D eigenvalue weighted by Crippen LogP contribution is 2.32. The predicted octanol–water partition coefficient (Wildman–Crippen LogP) is 1.10. The summed E-state index contributed by atoms with van der Waals surface area (Å²) in [6, 6.07) is 8.19. The van der Waals surface area contributed by atoms with Crippen molar-refractivity contribution < 1.29 is 4.79 Å². The van der Waals surface area contributed by atoms with Gasteiger partial charge in [-0.05, 0) is 38.1 Å². The molecule has 132 valence electrons. The lowest BCUT2D eigenvalue weighted by Crippen LogP contribution is -2.36. The number of nitrogens with zero attached hydrogens (tertiary/aromatic N) is 2. The van der Waals surface area contributed by atoms with Crippen molar-refractivity contribution in [2.24, 2.45) is 0 Å². The molecule has 1 aliphatic rings. The molecule has 1 saturated heterocycles. The Morgan fingerprint density at radius 1 is 1.24 bits per heavy atom. The van der Waals surface area contributed by atoms with Crippen molar-refractivity contribution in [1.82, 2.24) is 19.8 Å². The zero-order valence-electron chi connectivity index (χ0n) is 14.4. The van der Waals surface area contributed by atoms with Crippen LogP contribution in [0.5, 0.6) is 0 Å². The molecule has 0 bridgehead atoms. The van der Waals surface area contributed by atoms with Crippen molar-refractivity contribution in [2.75, 3.05) is 20.6 Å². The Bertz CT molecular complexity index is 867. The number of benzene rings is 1. The van der Waals surface area contributed by atoms with Gasteiger partial charge in [-0.3, -0.25) is 14.6 Å². The lowest BCUT2D eigenvalue weighted by Gasteiger charge is -2.25.